The number of hydrogen-bond donors (Lipinski definition) is 1. The maximum Gasteiger partial charge on any atom is 0.350 e. The van der Waals surface area contributed by atoms with Crippen molar-refractivity contribution in [2.75, 3.05) is 18.1 Å². The molecule has 0 bridgehead atoms. The van der Waals surface area contributed by atoms with E-state index < -0.39 is 35.3 Å². The number of aliphatic hydroxyl groups is 1. The number of ketones is 1. The van der Waals surface area contributed by atoms with E-state index in [9.17, 15) is 19.5 Å². The van der Waals surface area contributed by atoms with Gasteiger partial charge in [-0.25, -0.2) is 14.2 Å². The molecule has 10 heteroatoms. The largest absolute Gasteiger partial charge is 0.507 e. The lowest BCUT2D eigenvalue weighted by Gasteiger charge is -2.23. The minimum atomic E-state index is -1.32. The molecule has 3 aromatic rings. The Morgan fingerprint density at radius 1 is 1.22 bits per heavy atom. The Bertz CT molecular complexity index is 1410. The first-order valence-electron chi connectivity index (χ1n) is 11.3. The molecule has 0 aliphatic carbocycles. The van der Waals surface area contributed by atoms with Gasteiger partial charge < -0.3 is 14.6 Å². The van der Waals surface area contributed by atoms with Crippen LogP contribution in [0.1, 0.15) is 39.5 Å². The van der Waals surface area contributed by atoms with Crippen LogP contribution in [0.4, 0.5) is 9.52 Å². The van der Waals surface area contributed by atoms with E-state index >= 15 is 4.39 Å². The number of aliphatic hydroxyl groups excluding tert-OH is 1. The summed E-state index contributed by atoms with van der Waals surface area (Å²) >= 11 is 0.850. The Morgan fingerprint density at radius 3 is 2.57 bits per heavy atom. The van der Waals surface area contributed by atoms with Gasteiger partial charge >= 0.3 is 11.9 Å². The SMILES string of the molecule is C=CCOc1ccc(C(O)=C2C(=O)C(=O)N(c3nc(C)c(C(=O)OCC)s3)[C@@H]2c2ccccc2F)cc1. The standard InChI is InChI=1S/C27H23FN2O6S/c1-4-14-36-17-12-10-16(11-13-17)22(31)20-21(18-8-6-7-9-19(18)28)30(25(33)23(20)32)27-29-15(3)24(37-27)26(34)35-5-2/h4,6-13,21,31H,1,5,14H2,2-3H3/t21-/m1/s1. The number of carbonyl (C=O) groups is 3. The number of aryl methyl sites for hydroxylation is 1. The predicted octanol–water partition coefficient (Wildman–Crippen LogP) is 4.96. The van der Waals surface area contributed by atoms with E-state index in [0.717, 1.165) is 16.2 Å². The molecule has 1 aliphatic rings. The number of halogens is 1. The van der Waals surface area contributed by atoms with Crippen molar-refractivity contribution < 1.29 is 33.4 Å². The molecule has 0 saturated carbocycles. The fourth-order valence-electron chi connectivity index (χ4n) is 3.91. The van der Waals surface area contributed by atoms with Gasteiger partial charge in [-0.15, -0.1) is 0 Å². The topological polar surface area (TPSA) is 106 Å². The second-order valence-electron chi connectivity index (χ2n) is 7.95. The Morgan fingerprint density at radius 2 is 1.92 bits per heavy atom. The molecule has 4 rings (SSSR count). The third kappa shape index (κ3) is 4.88. The Balaban J connectivity index is 1.86. The minimum absolute atomic E-state index is 0.00290. The molecule has 1 aromatic heterocycles. The predicted molar refractivity (Wildman–Crippen MR) is 136 cm³/mol. The molecule has 2 heterocycles. The summed E-state index contributed by atoms with van der Waals surface area (Å²) in [5.74, 6) is -3.30. The zero-order valence-corrected chi connectivity index (χ0v) is 20.9. The molecule has 1 amide bonds. The summed E-state index contributed by atoms with van der Waals surface area (Å²) in [5, 5.41) is 11.2. The average molecular weight is 523 g/mol. The second kappa shape index (κ2) is 10.8. The number of carbonyl (C=O) groups excluding carboxylic acids is 3. The number of rotatable bonds is 8. The lowest BCUT2D eigenvalue weighted by molar-refractivity contribution is -0.132. The van der Waals surface area contributed by atoms with E-state index in [0.29, 0.717) is 11.4 Å². The first-order chi connectivity index (χ1) is 17.8. The minimum Gasteiger partial charge on any atom is -0.507 e. The Hall–Kier alpha value is -4.31. The molecule has 8 nitrogen and oxygen atoms in total. The van der Waals surface area contributed by atoms with Crippen LogP contribution in [0.2, 0.25) is 0 Å². The molecule has 1 N–H and O–H groups in total. The third-order valence-electron chi connectivity index (χ3n) is 5.59. The maximum absolute atomic E-state index is 15.0. The van der Waals surface area contributed by atoms with Crippen LogP contribution >= 0.6 is 11.3 Å². The monoisotopic (exact) mass is 522 g/mol. The molecule has 1 saturated heterocycles. The number of anilines is 1. The first-order valence-corrected chi connectivity index (χ1v) is 12.1. The number of Topliss-reactive ketones (excluding diaryl/α,β-unsaturated/α-hetero) is 1. The van der Waals surface area contributed by atoms with Crippen molar-refractivity contribution in [1.82, 2.24) is 4.98 Å². The van der Waals surface area contributed by atoms with Crippen LogP contribution in [-0.4, -0.2) is 41.0 Å². The van der Waals surface area contributed by atoms with Crippen molar-refractivity contribution in [3.8, 4) is 5.75 Å². The fourth-order valence-corrected chi connectivity index (χ4v) is 4.90. The lowest BCUT2D eigenvalue weighted by atomic mass is 9.95. The number of esters is 1. The van der Waals surface area contributed by atoms with Crippen molar-refractivity contribution in [3.05, 3.63) is 94.3 Å². The van der Waals surface area contributed by atoms with E-state index in [4.69, 9.17) is 9.47 Å². The van der Waals surface area contributed by atoms with Gasteiger partial charge in [0, 0.05) is 11.1 Å². The Labute approximate surface area is 216 Å². The van der Waals surface area contributed by atoms with E-state index in [1.807, 2.05) is 0 Å². The second-order valence-corrected chi connectivity index (χ2v) is 8.92. The summed E-state index contributed by atoms with van der Waals surface area (Å²) in [5.41, 5.74) is 0.204. The number of ether oxygens (including phenoxy) is 2. The molecule has 1 atom stereocenters. The highest BCUT2D eigenvalue weighted by Crippen LogP contribution is 2.44. The van der Waals surface area contributed by atoms with E-state index in [-0.39, 0.29) is 39.9 Å². The van der Waals surface area contributed by atoms with Gasteiger partial charge in [-0.2, -0.15) is 0 Å². The third-order valence-corrected chi connectivity index (χ3v) is 6.73. The average Bonchev–Trinajstić information content (AvgIpc) is 3.39. The molecular formula is C27H23FN2O6S. The first kappa shape index (κ1) is 25.8. The molecule has 0 radical (unpaired) electrons. The van der Waals surface area contributed by atoms with Crippen molar-refractivity contribution in [2.24, 2.45) is 0 Å². The Kier molecular flexibility index (Phi) is 7.49. The molecule has 1 aliphatic heterocycles. The number of aromatic nitrogens is 1. The fraction of sp³-hybridized carbons (Fsp3) is 0.185. The van der Waals surface area contributed by atoms with Crippen molar-refractivity contribution in [2.45, 2.75) is 19.9 Å². The molecule has 0 spiro atoms. The van der Waals surface area contributed by atoms with E-state index in [1.165, 1.54) is 30.3 Å². The van der Waals surface area contributed by atoms with Gasteiger partial charge in [0.25, 0.3) is 5.78 Å². The summed E-state index contributed by atoms with van der Waals surface area (Å²) in [6, 6.07) is 10.5. The highest BCUT2D eigenvalue weighted by molar-refractivity contribution is 7.17. The molecule has 190 valence electrons. The van der Waals surface area contributed by atoms with Gasteiger partial charge in [-0.1, -0.05) is 42.2 Å². The number of amides is 1. The van der Waals surface area contributed by atoms with Crippen molar-refractivity contribution in [3.63, 3.8) is 0 Å². The van der Waals surface area contributed by atoms with Crippen LogP contribution in [0, 0.1) is 12.7 Å². The summed E-state index contributed by atoms with van der Waals surface area (Å²) in [7, 11) is 0. The van der Waals surface area contributed by atoms with Crippen LogP contribution in [0.5, 0.6) is 5.75 Å². The van der Waals surface area contributed by atoms with E-state index in [2.05, 4.69) is 11.6 Å². The highest BCUT2D eigenvalue weighted by Gasteiger charge is 2.49. The molecular weight excluding hydrogens is 499 g/mol. The van der Waals surface area contributed by atoms with Gasteiger partial charge in [0.05, 0.1) is 17.9 Å². The number of thiazole rings is 1. The normalized spacial score (nSPS) is 16.6. The van der Waals surface area contributed by atoms with Crippen LogP contribution in [0.15, 0.2) is 66.8 Å². The quantitative estimate of drug-likeness (QED) is 0.147. The zero-order chi connectivity index (χ0) is 26.7. The summed E-state index contributed by atoms with van der Waals surface area (Å²) in [6.07, 6.45) is 1.58. The molecule has 2 aromatic carbocycles. The highest BCUT2D eigenvalue weighted by atomic mass is 32.1. The van der Waals surface area contributed by atoms with Gasteiger partial charge in [0.1, 0.15) is 34.9 Å². The molecule has 1 fully saturated rings. The van der Waals surface area contributed by atoms with Crippen molar-refractivity contribution in [1.29, 1.82) is 0 Å². The maximum atomic E-state index is 15.0. The summed E-state index contributed by atoms with van der Waals surface area (Å²) < 4.78 is 25.5. The summed E-state index contributed by atoms with van der Waals surface area (Å²) in [6.45, 7) is 7.23. The zero-order valence-electron chi connectivity index (χ0n) is 20.1. The molecule has 0 unspecified atom stereocenters. The van der Waals surface area contributed by atoms with Gasteiger partial charge in [0.2, 0.25) is 0 Å². The van der Waals surface area contributed by atoms with E-state index in [1.54, 1.807) is 38.1 Å². The van der Waals surface area contributed by atoms with Crippen LogP contribution in [0.3, 0.4) is 0 Å². The number of nitrogens with zero attached hydrogens (tertiary/aromatic N) is 2. The number of hydrogen-bond acceptors (Lipinski definition) is 8. The summed E-state index contributed by atoms with van der Waals surface area (Å²) in [4.78, 5) is 44.3. The molecule has 37 heavy (non-hydrogen) atoms. The lowest BCUT2D eigenvalue weighted by Crippen LogP contribution is -2.29. The van der Waals surface area contributed by atoms with Crippen LogP contribution in [-0.2, 0) is 14.3 Å². The van der Waals surface area contributed by atoms with Crippen LogP contribution in [0.25, 0.3) is 5.76 Å². The smallest absolute Gasteiger partial charge is 0.350 e. The number of benzene rings is 2. The van der Waals surface area contributed by atoms with Crippen LogP contribution < -0.4 is 9.64 Å². The van der Waals surface area contributed by atoms with Crippen molar-refractivity contribution >= 4 is 39.9 Å². The van der Waals surface area contributed by atoms with Gasteiger partial charge in [-0.05, 0) is 44.2 Å². The van der Waals surface area contributed by atoms with Gasteiger partial charge in [-0.3, -0.25) is 14.5 Å². The van der Waals surface area contributed by atoms with Gasteiger partial charge in [0.15, 0.2) is 5.13 Å².